The van der Waals surface area contributed by atoms with E-state index >= 15 is 0 Å². The summed E-state index contributed by atoms with van der Waals surface area (Å²) in [5.74, 6) is -0.776. The number of benzene rings is 1. The van der Waals surface area contributed by atoms with Gasteiger partial charge in [-0.15, -0.1) is 0 Å². The highest BCUT2D eigenvalue weighted by molar-refractivity contribution is 7.71. The average Bonchev–Trinajstić information content (AvgIpc) is 2.69. The molecule has 1 fully saturated rings. The second kappa shape index (κ2) is 10.0. The van der Waals surface area contributed by atoms with Gasteiger partial charge in [0.1, 0.15) is 6.10 Å². The van der Waals surface area contributed by atoms with Gasteiger partial charge in [-0.2, -0.15) is 8.42 Å². The van der Waals surface area contributed by atoms with Crippen LogP contribution in [0.3, 0.4) is 0 Å². The SMILES string of the molecule is CC1CCCC(C)N1Cc1ccc2c(c1)CCC[C@H]2NC(=O)[C@H](O)[C@H](O)C=S(=O)=O. The molecule has 1 aromatic carbocycles. The third-order valence-electron chi connectivity index (χ3n) is 6.42. The summed E-state index contributed by atoms with van der Waals surface area (Å²) in [6.45, 7) is 5.50. The second-order valence-electron chi connectivity index (χ2n) is 8.62. The number of nitrogens with zero attached hydrogens (tertiary/aromatic N) is 1. The molecular weight excluding hydrogens is 404 g/mol. The van der Waals surface area contributed by atoms with Crippen molar-refractivity contribution in [3.8, 4) is 0 Å². The molecule has 0 saturated carbocycles. The Hall–Kier alpha value is -1.74. The molecule has 1 aliphatic carbocycles. The van der Waals surface area contributed by atoms with Crippen LogP contribution in [0.25, 0.3) is 0 Å². The molecule has 7 nitrogen and oxygen atoms in total. The summed E-state index contributed by atoms with van der Waals surface area (Å²) < 4.78 is 21.3. The molecule has 1 heterocycles. The molecule has 8 heteroatoms. The fraction of sp³-hybridized carbons (Fsp3) is 0.636. The molecule has 1 saturated heterocycles. The number of aliphatic hydroxyl groups excluding tert-OH is 2. The Morgan fingerprint density at radius 3 is 2.57 bits per heavy atom. The van der Waals surface area contributed by atoms with Crippen LogP contribution in [0.5, 0.6) is 0 Å². The van der Waals surface area contributed by atoms with E-state index in [1.54, 1.807) is 0 Å². The van der Waals surface area contributed by atoms with Crippen LogP contribution >= 0.6 is 0 Å². The van der Waals surface area contributed by atoms with Crippen molar-refractivity contribution in [3.05, 3.63) is 34.9 Å². The van der Waals surface area contributed by atoms with Crippen molar-refractivity contribution >= 4 is 21.6 Å². The maximum absolute atomic E-state index is 12.3. The Kier molecular flexibility index (Phi) is 7.68. The van der Waals surface area contributed by atoms with Crippen LogP contribution in [-0.2, 0) is 28.1 Å². The van der Waals surface area contributed by atoms with E-state index in [1.807, 2.05) is 0 Å². The van der Waals surface area contributed by atoms with Crippen molar-refractivity contribution < 1.29 is 23.4 Å². The number of amides is 1. The van der Waals surface area contributed by atoms with E-state index in [0.29, 0.717) is 17.5 Å². The number of rotatable bonds is 6. The Labute approximate surface area is 179 Å². The van der Waals surface area contributed by atoms with Gasteiger partial charge in [0.05, 0.1) is 11.4 Å². The highest BCUT2D eigenvalue weighted by Gasteiger charge is 2.29. The Morgan fingerprint density at radius 2 is 1.90 bits per heavy atom. The molecule has 3 rings (SSSR count). The van der Waals surface area contributed by atoms with Crippen molar-refractivity contribution in [1.29, 1.82) is 0 Å². The summed E-state index contributed by atoms with van der Waals surface area (Å²) in [6, 6.07) is 7.27. The van der Waals surface area contributed by atoms with Crippen LogP contribution in [0.1, 0.15) is 68.7 Å². The number of nitrogens with one attached hydrogen (secondary N) is 1. The zero-order valence-electron chi connectivity index (χ0n) is 17.6. The first kappa shape index (κ1) is 22.9. The van der Waals surface area contributed by atoms with Crippen molar-refractivity contribution in [2.75, 3.05) is 0 Å². The van der Waals surface area contributed by atoms with Crippen molar-refractivity contribution in [2.45, 2.75) is 89.3 Å². The summed E-state index contributed by atoms with van der Waals surface area (Å²) >= 11 is 0. The van der Waals surface area contributed by atoms with Crippen molar-refractivity contribution in [1.82, 2.24) is 10.2 Å². The van der Waals surface area contributed by atoms with Crippen LogP contribution in [-0.4, -0.2) is 59.1 Å². The summed E-state index contributed by atoms with van der Waals surface area (Å²) in [7, 11) is -2.66. The van der Waals surface area contributed by atoms with E-state index in [4.69, 9.17) is 0 Å². The molecule has 3 N–H and O–H groups in total. The Morgan fingerprint density at radius 1 is 1.20 bits per heavy atom. The monoisotopic (exact) mass is 436 g/mol. The number of aliphatic hydroxyl groups is 2. The Bertz CT molecular complexity index is 883. The van der Waals surface area contributed by atoms with Gasteiger partial charge in [-0.3, -0.25) is 9.69 Å². The molecule has 166 valence electrons. The maximum Gasteiger partial charge on any atom is 0.252 e. The molecule has 1 aliphatic heterocycles. The van der Waals surface area contributed by atoms with Crippen molar-refractivity contribution in [2.24, 2.45) is 0 Å². The molecule has 0 radical (unpaired) electrons. The lowest BCUT2D eigenvalue weighted by Gasteiger charge is -2.39. The van der Waals surface area contributed by atoms with Gasteiger partial charge in [-0.1, -0.05) is 24.6 Å². The molecule has 5 atom stereocenters. The fourth-order valence-corrected chi connectivity index (χ4v) is 5.09. The fourth-order valence-electron chi connectivity index (χ4n) is 4.71. The van der Waals surface area contributed by atoms with E-state index in [-0.39, 0.29) is 6.04 Å². The van der Waals surface area contributed by atoms with Gasteiger partial charge >= 0.3 is 0 Å². The number of hydrogen-bond donors (Lipinski definition) is 3. The molecule has 2 aliphatic rings. The minimum atomic E-state index is -2.66. The lowest BCUT2D eigenvalue weighted by Crippen LogP contribution is -2.45. The minimum absolute atomic E-state index is 0.261. The summed E-state index contributed by atoms with van der Waals surface area (Å²) in [4.78, 5) is 14.9. The molecule has 2 unspecified atom stereocenters. The average molecular weight is 437 g/mol. The number of hydrogen-bond acceptors (Lipinski definition) is 6. The molecular formula is C22H32N2O5S. The highest BCUT2D eigenvalue weighted by atomic mass is 32.2. The summed E-state index contributed by atoms with van der Waals surface area (Å²) in [6.07, 6.45) is 2.74. The lowest BCUT2D eigenvalue weighted by atomic mass is 9.86. The molecule has 1 aromatic rings. The number of fused-ring (bicyclic) bond motifs is 1. The van der Waals surface area contributed by atoms with Crippen LogP contribution < -0.4 is 5.32 Å². The van der Waals surface area contributed by atoms with Gasteiger partial charge in [0, 0.05) is 18.6 Å². The first-order valence-electron chi connectivity index (χ1n) is 10.7. The van der Waals surface area contributed by atoms with E-state index in [9.17, 15) is 23.4 Å². The third kappa shape index (κ3) is 5.49. The number of carbonyl (C=O) groups excluding carboxylic acids is 1. The van der Waals surface area contributed by atoms with Gasteiger partial charge < -0.3 is 15.5 Å². The zero-order valence-corrected chi connectivity index (χ0v) is 18.4. The van der Waals surface area contributed by atoms with Crippen LogP contribution in [0.4, 0.5) is 0 Å². The summed E-state index contributed by atoms with van der Waals surface area (Å²) in [5.41, 5.74) is 3.49. The zero-order chi connectivity index (χ0) is 21.8. The quantitative estimate of drug-likeness (QED) is 0.581. The standard InChI is InChI=1S/C22H32N2O5S/c1-14-5-3-6-15(2)24(14)12-16-9-10-18-17(11-16)7-4-8-19(18)23-22(27)21(26)20(25)13-30(28)29/h9-11,13-15,19-21,25-26H,3-8,12H2,1-2H3,(H,23,27)/t14?,15?,19-,20-,21-/m1/s1. The van der Waals surface area contributed by atoms with Crippen LogP contribution in [0.2, 0.25) is 0 Å². The van der Waals surface area contributed by atoms with Crippen LogP contribution in [0, 0.1) is 0 Å². The maximum atomic E-state index is 12.3. The number of carbonyl (C=O) groups is 1. The normalized spacial score (nSPS) is 26.3. The van der Waals surface area contributed by atoms with E-state index in [0.717, 1.165) is 31.4 Å². The first-order valence-corrected chi connectivity index (χ1v) is 11.9. The molecule has 0 aromatic heterocycles. The first-order chi connectivity index (χ1) is 14.3. The lowest BCUT2D eigenvalue weighted by molar-refractivity contribution is -0.133. The van der Waals surface area contributed by atoms with Gasteiger partial charge in [0.2, 0.25) is 10.3 Å². The van der Waals surface area contributed by atoms with Gasteiger partial charge in [-0.25, -0.2) is 0 Å². The topological polar surface area (TPSA) is 107 Å². The van der Waals surface area contributed by atoms with Gasteiger partial charge in [-0.05, 0) is 62.6 Å². The molecule has 0 spiro atoms. The van der Waals surface area contributed by atoms with Crippen LogP contribution in [0.15, 0.2) is 18.2 Å². The predicted octanol–water partition coefficient (Wildman–Crippen LogP) is 1.35. The van der Waals surface area contributed by atoms with Gasteiger partial charge in [0.25, 0.3) is 5.91 Å². The highest BCUT2D eigenvalue weighted by Crippen LogP contribution is 2.32. The number of aryl methyl sites for hydroxylation is 1. The Balaban J connectivity index is 1.70. The third-order valence-corrected chi connectivity index (χ3v) is 6.92. The molecule has 0 bridgehead atoms. The minimum Gasteiger partial charge on any atom is -0.385 e. The molecule has 30 heavy (non-hydrogen) atoms. The second-order valence-corrected chi connectivity index (χ2v) is 9.41. The van der Waals surface area contributed by atoms with E-state index in [1.165, 1.54) is 30.4 Å². The van der Waals surface area contributed by atoms with Crippen molar-refractivity contribution in [3.63, 3.8) is 0 Å². The number of likely N-dealkylation sites (tertiary alicyclic amines) is 1. The molecule has 1 amide bonds. The van der Waals surface area contributed by atoms with Gasteiger partial charge in [0.15, 0.2) is 6.10 Å². The predicted molar refractivity (Wildman–Crippen MR) is 116 cm³/mol. The van der Waals surface area contributed by atoms with E-state index in [2.05, 4.69) is 42.3 Å². The largest absolute Gasteiger partial charge is 0.385 e. The summed E-state index contributed by atoms with van der Waals surface area (Å²) in [5, 5.41) is 22.8. The smallest absolute Gasteiger partial charge is 0.252 e. The van der Waals surface area contributed by atoms with E-state index < -0.39 is 28.4 Å². The number of piperidine rings is 1.